The van der Waals surface area contributed by atoms with Crippen molar-refractivity contribution in [1.29, 1.82) is 0 Å². The molecule has 4 heteroatoms. The van der Waals surface area contributed by atoms with E-state index in [4.69, 9.17) is 0 Å². The van der Waals surface area contributed by atoms with Gasteiger partial charge in [0.25, 0.3) is 0 Å². The molecule has 0 bridgehead atoms. The summed E-state index contributed by atoms with van der Waals surface area (Å²) in [6.45, 7) is 9.87. The number of hydrogen-bond acceptors (Lipinski definition) is 2. The molecule has 132 valence electrons. The maximum atomic E-state index is 12.2. The highest BCUT2D eigenvalue weighted by Crippen LogP contribution is 2.21. The van der Waals surface area contributed by atoms with Crippen molar-refractivity contribution in [3.8, 4) is 0 Å². The summed E-state index contributed by atoms with van der Waals surface area (Å²) in [5.41, 5.74) is 5.48. The summed E-state index contributed by atoms with van der Waals surface area (Å²) in [6, 6.07) is 13.3. The molecule has 2 aromatic carbocycles. The first-order chi connectivity index (χ1) is 11.8. The Morgan fingerprint density at radius 1 is 0.760 bits per heavy atom. The molecule has 2 aromatic rings. The van der Waals surface area contributed by atoms with Crippen molar-refractivity contribution >= 4 is 11.8 Å². The number of carbonyl (C=O) groups excluding carboxylic acids is 2. The predicted molar refractivity (Wildman–Crippen MR) is 100 cm³/mol. The molecule has 25 heavy (non-hydrogen) atoms. The second-order valence-corrected chi connectivity index (χ2v) is 6.59. The molecule has 0 aromatic heterocycles. The van der Waals surface area contributed by atoms with Gasteiger partial charge in [-0.1, -0.05) is 42.5 Å². The molecule has 0 heterocycles. The zero-order chi connectivity index (χ0) is 18.6. The van der Waals surface area contributed by atoms with Gasteiger partial charge in [-0.2, -0.15) is 0 Å². The second kappa shape index (κ2) is 7.97. The van der Waals surface area contributed by atoms with E-state index in [1.165, 1.54) is 11.1 Å². The van der Waals surface area contributed by atoms with E-state index in [2.05, 4.69) is 29.7 Å². The van der Waals surface area contributed by atoms with Crippen molar-refractivity contribution in [3.63, 3.8) is 0 Å². The summed E-state index contributed by atoms with van der Waals surface area (Å²) in [6.07, 6.45) is 0. The Morgan fingerprint density at radius 3 is 1.88 bits per heavy atom. The van der Waals surface area contributed by atoms with E-state index < -0.39 is 11.8 Å². The molecular weight excluding hydrogens is 312 g/mol. The topological polar surface area (TPSA) is 58.2 Å². The van der Waals surface area contributed by atoms with Gasteiger partial charge in [0.05, 0.1) is 12.1 Å². The van der Waals surface area contributed by atoms with Crippen molar-refractivity contribution in [2.75, 3.05) is 0 Å². The van der Waals surface area contributed by atoms with Crippen molar-refractivity contribution in [2.45, 2.75) is 46.7 Å². The second-order valence-electron chi connectivity index (χ2n) is 6.59. The molecule has 0 aliphatic heterocycles. The average molecular weight is 338 g/mol. The van der Waals surface area contributed by atoms with Crippen LogP contribution in [0.2, 0.25) is 0 Å². The largest absolute Gasteiger partial charge is 0.341 e. The van der Waals surface area contributed by atoms with Crippen LogP contribution in [0.3, 0.4) is 0 Å². The highest BCUT2D eigenvalue weighted by atomic mass is 16.2. The van der Waals surface area contributed by atoms with Gasteiger partial charge in [-0.15, -0.1) is 0 Å². The summed E-state index contributed by atoms with van der Waals surface area (Å²) < 4.78 is 0. The molecule has 2 atom stereocenters. The lowest BCUT2D eigenvalue weighted by molar-refractivity contribution is -0.140. The van der Waals surface area contributed by atoms with Crippen LogP contribution in [0.1, 0.15) is 53.7 Å². The van der Waals surface area contributed by atoms with E-state index in [-0.39, 0.29) is 12.1 Å². The number of aryl methyl sites for hydroxylation is 3. The Hall–Kier alpha value is -2.62. The number of rotatable bonds is 4. The summed E-state index contributed by atoms with van der Waals surface area (Å²) in [4.78, 5) is 24.4. The molecule has 0 saturated carbocycles. The molecule has 0 fully saturated rings. The van der Waals surface area contributed by atoms with Crippen LogP contribution in [0.25, 0.3) is 0 Å². The lowest BCUT2D eigenvalue weighted by Crippen LogP contribution is -2.42. The SMILES string of the molecule is Cc1cc(C)c([C@H](C)NC(=O)C(=O)N[C@H](C)c2ccccc2)cc1C. The summed E-state index contributed by atoms with van der Waals surface area (Å²) >= 11 is 0. The standard InChI is InChI=1S/C21H26N2O2/c1-13-11-15(3)19(12-14(13)2)17(5)23-21(25)20(24)22-16(4)18-9-7-6-8-10-18/h6-12,16-17H,1-5H3,(H,22,24)(H,23,25)/t16-,17+/m1/s1. The molecule has 0 radical (unpaired) electrons. The molecular formula is C21H26N2O2. The van der Waals surface area contributed by atoms with E-state index in [9.17, 15) is 9.59 Å². The minimum absolute atomic E-state index is 0.224. The Labute approximate surface area is 149 Å². The summed E-state index contributed by atoms with van der Waals surface area (Å²) in [7, 11) is 0. The van der Waals surface area contributed by atoms with Gasteiger partial charge in [0, 0.05) is 0 Å². The molecule has 0 aliphatic carbocycles. The Morgan fingerprint density at radius 2 is 1.28 bits per heavy atom. The van der Waals surface area contributed by atoms with Crippen LogP contribution in [0, 0.1) is 20.8 Å². The van der Waals surface area contributed by atoms with Crippen LogP contribution < -0.4 is 10.6 Å². The Balaban J connectivity index is 2.01. The van der Waals surface area contributed by atoms with Crippen LogP contribution in [0.5, 0.6) is 0 Å². The molecule has 0 saturated heterocycles. The van der Waals surface area contributed by atoms with Crippen molar-refractivity contribution in [2.24, 2.45) is 0 Å². The van der Waals surface area contributed by atoms with Gasteiger partial charge in [-0.3, -0.25) is 9.59 Å². The first-order valence-electron chi connectivity index (χ1n) is 8.53. The third-order valence-corrected chi connectivity index (χ3v) is 4.55. The van der Waals surface area contributed by atoms with E-state index in [0.29, 0.717) is 0 Å². The maximum Gasteiger partial charge on any atom is 0.309 e. The third kappa shape index (κ3) is 4.69. The van der Waals surface area contributed by atoms with Gasteiger partial charge in [0.2, 0.25) is 0 Å². The molecule has 4 nitrogen and oxygen atoms in total. The van der Waals surface area contributed by atoms with Gasteiger partial charge in [-0.25, -0.2) is 0 Å². The van der Waals surface area contributed by atoms with E-state index in [0.717, 1.165) is 16.7 Å². The molecule has 2 amide bonds. The number of carbonyl (C=O) groups is 2. The minimum Gasteiger partial charge on any atom is -0.341 e. The van der Waals surface area contributed by atoms with Gasteiger partial charge >= 0.3 is 11.8 Å². The zero-order valence-electron chi connectivity index (χ0n) is 15.5. The Bertz CT molecular complexity index is 769. The fourth-order valence-corrected chi connectivity index (χ4v) is 2.88. The number of benzene rings is 2. The van der Waals surface area contributed by atoms with E-state index >= 15 is 0 Å². The minimum atomic E-state index is -0.621. The average Bonchev–Trinajstić information content (AvgIpc) is 2.58. The Kier molecular flexibility index (Phi) is 5.97. The number of amides is 2. The third-order valence-electron chi connectivity index (χ3n) is 4.55. The molecule has 0 unspecified atom stereocenters. The van der Waals surface area contributed by atoms with Crippen molar-refractivity contribution in [1.82, 2.24) is 10.6 Å². The molecule has 2 N–H and O–H groups in total. The van der Waals surface area contributed by atoms with Gasteiger partial charge in [0.1, 0.15) is 0 Å². The fraction of sp³-hybridized carbons (Fsp3) is 0.333. The van der Waals surface area contributed by atoms with Gasteiger partial charge in [-0.05, 0) is 62.4 Å². The normalized spacial score (nSPS) is 13.0. The maximum absolute atomic E-state index is 12.2. The van der Waals surface area contributed by atoms with Gasteiger partial charge in [0.15, 0.2) is 0 Å². The van der Waals surface area contributed by atoms with Crippen molar-refractivity contribution in [3.05, 3.63) is 70.3 Å². The van der Waals surface area contributed by atoms with E-state index in [1.807, 2.05) is 58.0 Å². The molecule has 2 rings (SSSR count). The lowest BCUT2D eigenvalue weighted by atomic mass is 9.96. The lowest BCUT2D eigenvalue weighted by Gasteiger charge is -2.19. The fourth-order valence-electron chi connectivity index (χ4n) is 2.88. The molecule has 0 spiro atoms. The predicted octanol–water partition coefficient (Wildman–Crippen LogP) is 3.67. The number of hydrogen-bond donors (Lipinski definition) is 2. The van der Waals surface area contributed by atoms with Crippen LogP contribution in [-0.4, -0.2) is 11.8 Å². The first-order valence-corrected chi connectivity index (χ1v) is 8.53. The number of nitrogens with one attached hydrogen (secondary N) is 2. The highest BCUT2D eigenvalue weighted by molar-refractivity contribution is 6.35. The van der Waals surface area contributed by atoms with Crippen LogP contribution in [0.15, 0.2) is 42.5 Å². The summed E-state index contributed by atoms with van der Waals surface area (Å²) in [5, 5.41) is 5.53. The summed E-state index contributed by atoms with van der Waals surface area (Å²) in [5.74, 6) is -1.24. The quantitative estimate of drug-likeness (QED) is 0.836. The van der Waals surface area contributed by atoms with Crippen LogP contribution in [-0.2, 0) is 9.59 Å². The van der Waals surface area contributed by atoms with Crippen LogP contribution >= 0.6 is 0 Å². The zero-order valence-corrected chi connectivity index (χ0v) is 15.5. The van der Waals surface area contributed by atoms with E-state index in [1.54, 1.807) is 0 Å². The van der Waals surface area contributed by atoms with Crippen LogP contribution in [0.4, 0.5) is 0 Å². The monoisotopic (exact) mass is 338 g/mol. The highest BCUT2D eigenvalue weighted by Gasteiger charge is 2.20. The van der Waals surface area contributed by atoms with Crippen molar-refractivity contribution < 1.29 is 9.59 Å². The molecule has 0 aliphatic rings. The smallest absolute Gasteiger partial charge is 0.309 e. The van der Waals surface area contributed by atoms with Gasteiger partial charge < -0.3 is 10.6 Å². The first kappa shape index (κ1) is 18.7.